The Hall–Kier alpha value is -3.21. The number of amides is 1. The normalized spacial score (nSPS) is 10.6. The number of hydrogen-bond donors (Lipinski definition) is 0. The number of anilines is 1. The zero-order chi connectivity index (χ0) is 20.8. The summed E-state index contributed by atoms with van der Waals surface area (Å²) >= 11 is 0. The number of rotatable bonds is 8. The third-order valence-corrected chi connectivity index (χ3v) is 4.66. The molecule has 3 rings (SSSR count). The molecule has 0 aliphatic heterocycles. The van der Waals surface area contributed by atoms with Gasteiger partial charge in [0.05, 0.1) is 12.8 Å². The lowest BCUT2D eigenvalue weighted by Crippen LogP contribution is -2.34. The minimum Gasteiger partial charge on any atom is -0.484 e. The number of benzene rings is 2. The first-order valence-electron chi connectivity index (χ1n) is 9.68. The van der Waals surface area contributed by atoms with Crippen molar-refractivity contribution in [2.75, 3.05) is 25.6 Å². The van der Waals surface area contributed by atoms with E-state index in [4.69, 9.17) is 9.15 Å². The van der Waals surface area contributed by atoms with Crippen molar-refractivity contribution in [3.8, 4) is 5.75 Å². The number of furan rings is 1. The lowest BCUT2D eigenvalue weighted by atomic mass is 10.1. The lowest BCUT2D eigenvalue weighted by Gasteiger charge is -2.22. The first-order valence-corrected chi connectivity index (χ1v) is 9.68. The van der Waals surface area contributed by atoms with Gasteiger partial charge in [-0.15, -0.1) is 0 Å². The van der Waals surface area contributed by atoms with Gasteiger partial charge in [0.15, 0.2) is 6.61 Å². The summed E-state index contributed by atoms with van der Waals surface area (Å²) in [5, 5.41) is 0. The molecule has 0 bridgehead atoms. The summed E-state index contributed by atoms with van der Waals surface area (Å²) in [5.41, 5.74) is 4.40. The number of carbonyl (C=O) groups is 1. The second-order valence-electron chi connectivity index (χ2n) is 7.50. The van der Waals surface area contributed by atoms with E-state index in [9.17, 15) is 4.79 Å². The molecule has 0 radical (unpaired) electrons. The molecule has 5 nitrogen and oxygen atoms in total. The first-order chi connectivity index (χ1) is 13.9. The van der Waals surface area contributed by atoms with Crippen LogP contribution >= 0.6 is 0 Å². The van der Waals surface area contributed by atoms with E-state index in [1.807, 2.05) is 69.2 Å². The van der Waals surface area contributed by atoms with E-state index in [0.29, 0.717) is 18.8 Å². The fourth-order valence-electron chi connectivity index (χ4n) is 3.20. The van der Waals surface area contributed by atoms with Crippen LogP contribution in [0, 0.1) is 13.8 Å². The predicted molar refractivity (Wildman–Crippen MR) is 115 cm³/mol. The van der Waals surface area contributed by atoms with Crippen LogP contribution in [-0.2, 0) is 17.9 Å². The highest BCUT2D eigenvalue weighted by molar-refractivity contribution is 5.77. The highest BCUT2D eigenvalue weighted by atomic mass is 16.5. The van der Waals surface area contributed by atoms with E-state index in [1.54, 1.807) is 11.2 Å². The van der Waals surface area contributed by atoms with Crippen molar-refractivity contribution >= 4 is 11.6 Å². The maximum atomic E-state index is 12.9. The molecule has 5 heteroatoms. The largest absolute Gasteiger partial charge is 0.484 e. The number of ether oxygens (including phenoxy) is 1. The topological polar surface area (TPSA) is 45.9 Å². The van der Waals surface area contributed by atoms with E-state index < -0.39 is 0 Å². The number of carbonyl (C=O) groups excluding carboxylic acids is 1. The van der Waals surface area contributed by atoms with Crippen LogP contribution < -0.4 is 9.64 Å². The molecule has 0 N–H and O–H groups in total. The molecule has 0 aliphatic carbocycles. The Bertz CT molecular complexity index is 911. The molecule has 1 amide bonds. The van der Waals surface area contributed by atoms with E-state index in [1.165, 1.54) is 0 Å². The molecule has 0 atom stereocenters. The van der Waals surface area contributed by atoms with Gasteiger partial charge in [0, 0.05) is 26.3 Å². The highest BCUT2D eigenvalue weighted by Gasteiger charge is 2.17. The van der Waals surface area contributed by atoms with Gasteiger partial charge in [0.1, 0.15) is 11.5 Å². The van der Waals surface area contributed by atoms with Crippen molar-refractivity contribution in [3.05, 3.63) is 83.3 Å². The zero-order valence-electron chi connectivity index (χ0n) is 17.5. The summed E-state index contributed by atoms with van der Waals surface area (Å²) in [7, 11) is 4.01. The van der Waals surface area contributed by atoms with Crippen molar-refractivity contribution in [1.29, 1.82) is 0 Å². The van der Waals surface area contributed by atoms with E-state index in [-0.39, 0.29) is 12.5 Å². The van der Waals surface area contributed by atoms with Gasteiger partial charge < -0.3 is 19.0 Å². The smallest absolute Gasteiger partial charge is 0.261 e. The molecule has 29 heavy (non-hydrogen) atoms. The van der Waals surface area contributed by atoms with Crippen LogP contribution in [0.15, 0.2) is 65.3 Å². The number of nitrogens with zero attached hydrogens (tertiary/aromatic N) is 2. The van der Waals surface area contributed by atoms with E-state index in [2.05, 4.69) is 18.2 Å². The molecule has 152 valence electrons. The SMILES string of the molecule is Cc1cc(C)cc(OCC(=O)N(Cc2ccc(N(C)C)cc2)Cc2ccco2)c1. The van der Waals surface area contributed by atoms with Crippen molar-refractivity contribution in [1.82, 2.24) is 4.90 Å². The zero-order valence-corrected chi connectivity index (χ0v) is 17.5. The molecule has 1 heterocycles. The molecular weight excluding hydrogens is 364 g/mol. The minimum atomic E-state index is -0.0859. The van der Waals surface area contributed by atoms with E-state index >= 15 is 0 Å². The van der Waals surface area contributed by atoms with Gasteiger partial charge in [0.25, 0.3) is 5.91 Å². The standard InChI is InChI=1S/C24H28N2O3/c1-18-12-19(2)14-23(13-18)29-17-24(27)26(16-22-6-5-11-28-22)15-20-7-9-21(10-8-20)25(3)4/h5-14H,15-17H2,1-4H3. The average molecular weight is 392 g/mol. The molecule has 0 saturated heterocycles. The molecule has 0 unspecified atom stereocenters. The highest BCUT2D eigenvalue weighted by Crippen LogP contribution is 2.18. The third kappa shape index (κ3) is 5.88. The third-order valence-electron chi connectivity index (χ3n) is 4.66. The Balaban J connectivity index is 1.70. The maximum absolute atomic E-state index is 12.9. The van der Waals surface area contributed by atoms with Crippen LogP contribution in [0.5, 0.6) is 5.75 Å². The monoisotopic (exact) mass is 392 g/mol. The Morgan fingerprint density at radius 2 is 1.66 bits per heavy atom. The van der Waals surface area contributed by atoms with Crippen LogP contribution in [0.2, 0.25) is 0 Å². The molecule has 0 fully saturated rings. The number of aryl methyl sites for hydroxylation is 2. The molecule has 0 spiro atoms. The maximum Gasteiger partial charge on any atom is 0.261 e. The molecule has 0 saturated carbocycles. The minimum absolute atomic E-state index is 0.0145. The van der Waals surface area contributed by atoms with Gasteiger partial charge in [-0.1, -0.05) is 18.2 Å². The molecule has 1 aromatic heterocycles. The predicted octanol–water partition coefficient (Wildman–Crippen LogP) is 4.57. The van der Waals surface area contributed by atoms with Gasteiger partial charge >= 0.3 is 0 Å². The summed E-state index contributed by atoms with van der Waals surface area (Å²) in [6.45, 7) is 4.91. The van der Waals surface area contributed by atoms with Gasteiger partial charge in [-0.05, 0) is 66.9 Å². The fraction of sp³-hybridized carbons (Fsp3) is 0.292. The van der Waals surface area contributed by atoms with Crippen molar-refractivity contribution in [3.63, 3.8) is 0 Å². The van der Waals surface area contributed by atoms with Crippen molar-refractivity contribution in [2.45, 2.75) is 26.9 Å². The van der Waals surface area contributed by atoms with E-state index in [0.717, 1.165) is 28.1 Å². The van der Waals surface area contributed by atoms with Crippen LogP contribution in [0.3, 0.4) is 0 Å². The molecule has 3 aromatic rings. The van der Waals surface area contributed by atoms with Gasteiger partial charge in [-0.25, -0.2) is 0 Å². The van der Waals surface area contributed by atoms with Gasteiger partial charge in [-0.3, -0.25) is 4.79 Å². The van der Waals surface area contributed by atoms with Crippen molar-refractivity contribution < 1.29 is 13.9 Å². The Labute approximate surface area is 172 Å². The Morgan fingerprint density at radius 3 is 2.24 bits per heavy atom. The number of hydrogen-bond acceptors (Lipinski definition) is 4. The summed E-state index contributed by atoms with van der Waals surface area (Å²) < 4.78 is 11.2. The second-order valence-corrected chi connectivity index (χ2v) is 7.50. The van der Waals surface area contributed by atoms with Crippen LogP contribution in [0.25, 0.3) is 0 Å². The molecular formula is C24H28N2O3. The summed E-state index contributed by atoms with van der Waals surface area (Å²) in [6.07, 6.45) is 1.62. The molecule has 0 aliphatic rings. The van der Waals surface area contributed by atoms with Crippen LogP contribution in [0.1, 0.15) is 22.5 Å². The Morgan fingerprint density at radius 1 is 0.966 bits per heavy atom. The van der Waals surface area contributed by atoms with Gasteiger partial charge in [0.2, 0.25) is 0 Å². The molecule has 2 aromatic carbocycles. The van der Waals surface area contributed by atoms with Gasteiger partial charge in [-0.2, -0.15) is 0 Å². The second kappa shape index (κ2) is 9.32. The van der Waals surface area contributed by atoms with Crippen molar-refractivity contribution in [2.24, 2.45) is 0 Å². The fourth-order valence-corrected chi connectivity index (χ4v) is 3.20. The lowest BCUT2D eigenvalue weighted by molar-refractivity contribution is -0.134. The average Bonchev–Trinajstić information content (AvgIpc) is 3.18. The van der Waals surface area contributed by atoms with Crippen LogP contribution in [0.4, 0.5) is 5.69 Å². The first kappa shape index (κ1) is 20.5. The summed E-state index contributed by atoms with van der Waals surface area (Å²) in [4.78, 5) is 16.7. The Kier molecular flexibility index (Phi) is 6.60. The van der Waals surface area contributed by atoms with Crippen LogP contribution in [-0.4, -0.2) is 31.5 Å². The summed E-state index contributed by atoms with van der Waals surface area (Å²) in [6, 6.07) is 17.9. The summed E-state index contributed by atoms with van der Waals surface area (Å²) in [5.74, 6) is 1.37. The quantitative estimate of drug-likeness (QED) is 0.563.